The maximum atomic E-state index is 13.2. The molecule has 0 saturated carbocycles. The smallest absolute Gasteiger partial charge is 0.441 e. The second-order valence-electron chi connectivity index (χ2n) is 10.8. The highest BCUT2D eigenvalue weighted by atomic mass is 32.2. The zero-order valence-electron chi connectivity index (χ0n) is 25.3. The minimum Gasteiger partial charge on any atom is -0.441 e. The Morgan fingerprint density at radius 2 is 1.70 bits per heavy atom. The second-order valence-corrected chi connectivity index (χ2v) is 12.8. The molecule has 2 aromatic heterocycles. The molecule has 0 aliphatic carbocycles. The first kappa shape index (κ1) is 33.8. The van der Waals surface area contributed by atoms with Gasteiger partial charge >= 0.3 is 12.1 Å². The first-order valence-corrected chi connectivity index (χ1v) is 16.2. The number of oxazole rings is 1. The van der Waals surface area contributed by atoms with Gasteiger partial charge in [-0.05, 0) is 66.9 Å². The van der Waals surface area contributed by atoms with E-state index < -0.39 is 40.2 Å². The summed E-state index contributed by atoms with van der Waals surface area (Å²) >= 11 is 0. The third-order valence-corrected chi connectivity index (χ3v) is 9.05. The molecule has 1 amide bonds. The van der Waals surface area contributed by atoms with Gasteiger partial charge in [-0.1, -0.05) is 18.2 Å². The first-order chi connectivity index (χ1) is 22.4. The van der Waals surface area contributed by atoms with E-state index in [0.717, 1.165) is 31.6 Å². The molecule has 47 heavy (non-hydrogen) atoms. The van der Waals surface area contributed by atoms with E-state index in [1.807, 2.05) is 0 Å². The molecule has 0 atom stereocenters. The predicted octanol–water partition coefficient (Wildman–Crippen LogP) is 4.56. The monoisotopic (exact) mass is 672 g/mol. The quantitative estimate of drug-likeness (QED) is 0.221. The van der Waals surface area contributed by atoms with Gasteiger partial charge in [0.25, 0.3) is 5.91 Å². The van der Waals surface area contributed by atoms with Crippen molar-refractivity contribution in [2.24, 2.45) is 0 Å². The second kappa shape index (κ2) is 14.4. The molecular weight excluding hydrogens is 641 g/mol. The molecule has 0 N–H and O–H groups in total. The number of pyridine rings is 1. The lowest BCUT2D eigenvalue weighted by Crippen LogP contribution is -2.38. The Labute approximate surface area is 268 Å². The summed E-state index contributed by atoms with van der Waals surface area (Å²) in [6.07, 6.45) is -1.78. The number of alkyl halides is 3. The van der Waals surface area contributed by atoms with Crippen LogP contribution >= 0.6 is 0 Å². The molecule has 2 aromatic carbocycles. The van der Waals surface area contributed by atoms with Crippen LogP contribution in [0.1, 0.15) is 32.9 Å². The third-order valence-electron chi connectivity index (χ3n) is 7.40. The van der Waals surface area contributed by atoms with Crippen molar-refractivity contribution >= 4 is 21.7 Å². The number of hydroxylamine groups is 2. The van der Waals surface area contributed by atoms with Gasteiger partial charge in [-0.15, -0.1) is 0 Å². The number of aryl methyl sites for hydroxylation is 1. The van der Waals surface area contributed by atoms with Crippen LogP contribution in [0, 0.1) is 6.92 Å². The van der Waals surface area contributed by atoms with Gasteiger partial charge < -0.3 is 14.0 Å². The number of carbonyl (C=O) groups excluding carboxylic acids is 2. The summed E-state index contributed by atoms with van der Waals surface area (Å²) in [5.74, 6) is -3.60. The number of carbonyl (C=O) groups is 2. The molecule has 11 nitrogen and oxygen atoms in total. The molecule has 0 radical (unpaired) electrons. The standard InChI is InChI=1S/C32H31F3N4O7S/c1-22-28(21-47(42,43)27-10-4-23(5-11-27)12-14-38-15-17-44-18-16-38)37-29(45-22)25-6-8-26(9-7-25)30(40)39(46-31(41)32(33,34)35)20-24-3-2-13-36-19-24/h2-11,13,19H,12,14-18,20-21H2,1H3. The molecule has 4 aromatic rings. The Morgan fingerprint density at radius 3 is 2.34 bits per heavy atom. The van der Waals surface area contributed by atoms with Crippen LogP contribution in [0.5, 0.6) is 0 Å². The summed E-state index contributed by atoms with van der Waals surface area (Å²) in [7, 11) is -3.76. The van der Waals surface area contributed by atoms with Crippen molar-refractivity contribution in [2.45, 2.75) is 36.7 Å². The van der Waals surface area contributed by atoms with Gasteiger partial charge in [0, 0.05) is 43.2 Å². The van der Waals surface area contributed by atoms with Crippen molar-refractivity contribution in [3.63, 3.8) is 0 Å². The third kappa shape index (κ3) is 8.81. The van der Waals surface area contributed by atoms with Crippen LogP contribution in [0.15, 0.2) is 82.4 Å². The number of aromatic nitrogens is 2. The normalized spacial score (nSPS) is 14.1. The van der Waals surface area contributed by atoms with E-state index in [1.54, 1.807) is 31.2 Å². The van der Waals surface area contributed by atoms with Gasteiger partial charge in [-0.3, -0.25) is 14.7 Å². The number of morpholine rings is 1. The molecule has 1 saturated heterocycles. The van der Waals surface area contributed by atoms with Crippen LogP contribution in [-0.4, -0.2) is 79.2 Å². The lowest BCUT2D eigenvalue weighted by molar-refractivity contribution is -0.230. The van der Waals surface area contributed by atoms with Crippen LogP contribution in [0.25, 0.3) is 11.5 Å². The van der Waals surface area contributed by atoms with Crippen molar-refractivity contribution in [3.05, 3.63) is 101 Å². The summed E-state index contributed by atoms with van der Waals surface area (Å²) in [6, 6.07) is 15.2. The molecule has 1 fully saturated rings. The fraction of sp³-hybridized carbons (Fsp3) is 0.312. The number of halogens is 3. The molecule has 1 aliphatic rings. The Balaban J connectivity index is 1.26. The Morgan fingerprint density at radius 1 is 1.00 bits per heavy atom. The van der Waals surface area contributed by atoms with Crippen molar-refractivity contribution in [3.8, 4) is 11.5 Å². The summed E-state index contributed by atoms with van der Waals surface area (Å²) < 4.78 is 76.2. The number of hydrogen-bond acceptors (Lipinski definition) is 10. The lowest BCUT2D eigenvalue weighted by Gasteiger charge is -2.26. The number of amides is 1. The molecular formula is C32H31F3N4O7S. The Hall–Kier alpha value is -4.60. The Bertz CT molecular complexity index is 1790. The zero-order chi connectivity index (χ0) is 33.6. The predicted molar refractivity (Wildman–Crippen MR) is 161 cm³/mol. The van der Waals surface area contributed by atoms with E-state index in [0.29, 0.717) is 29.4 Å². The number of hydrogen-bond donors (Lipinski definition) is 0. The molecule has 1 aliphatic heterocycles. The number of benzene rings is 2. The molecule has 0 spiro atoms. The van der Waals surface area contributed by atoms with Crippen LogP contribution in [0.2, 0.25) is 0 Å². The van der Waals surface area contributed by atoms with Crippen molar-refractivity contribution < 1.29 is 45.2 Å². The van der Waals surface area contributed by atoms with E-state index >= 15 is 0 Å². The highest BCUT2D eigenvalue weighted by Crippen LogP contribution is 2.26. The van der Waals surface area contributed by atoms with Crippen LogP contribution < -0.4 is 0 Å². The van der Waals surface area contributed by atoms with Crippen molar-refractivity contribution in [1.82, 2.24) is 19.9 Å². The van der Waals surface area contributed by atoms with E-state index in [1.165, 1.54) is 48.8 Å². The highest BCUT2D eigenvalue weighted by Gasteiger charge is 2.43. The fourth-order valence-corrected chi connectivity index (χ4v) is 6.12. The van der Waals surface area contributed by atoms with Gasteiger partial charge in [0.15, 0.2) is 9.84 Å². The summed E-state index contributed by atoms with van der Waals surface area (Å²) in [6.45, 7) is 5.14. The van der Waals surface area contributed by atoms with Crippen LogP contribution in [-0.2, 0) is 42.9 Å². The number of ether oxygens (including phenoxy) is 1. The first-order valence-electron chi connectivity index (χ1n) is 14.6. The van der Waals surface area contributed by atoms with E-state index in [2.05, 4.69) is 19.7 Å². The van der Waals surface area contributed by atoms with Crippen LogP contribution in [0.3, 0.4) is 0 Å². The Kier molecular flexibility index (Phi) is 10.4. The molecule has 15 heteroatoms. The topological polar surface area (TPSA) is 132 Å². The van der Waals surface area contributed by atoms with E-state index in [4.69, 9.17) is 9.15 Å². The van der Waals surface area contributed by atoms with Gasteiger partial charge in [-0.25, -0.2) is 18.2 Å². The minimum absolute atomic E-state index is 0.0841. The SMILES string of the molecule is Cc1oc(-c2ccc(C(=O)N(Cc3cccnc3)OC(=O)C(F)(F)F)cc2)nc1CS(=O)(=O)c1ccc(CCN2CCOCC2)cc1. The molecule has 248 valence electrons. The lowest BCUT2D eigenvalue weighted by atomic mass is 10.1. The van der Waals surface area contributed by atoms with E-state index in [-0.39, 0.29) is 27.8 Å². The van der Waals surface area contributed by atoms with Crippen molar-refractivity contribution in [1.29, 1.82) is 0 Å². The average molecular weight is 673 g/mol. The molecule has 3 heterocycles. The highest BCUT2D eigenvalue weighted by molar-refractivity contribution is 7.90. The summed E-state index contributed by atoms with van der Waals surface area (Å²) in [5.41, 5.74) is 1.84. The van der Waals surface area contributed by atoms with Gasteiger partial charge in [0.2, 0.25) is 5.89 Å². The summed E-state index contributed by atoms with van der Waals surface area (Å²) in [5, 5.41) is 0.302. The van der Waals surface area contributed by atoms with Gasteiger partial charge in [0.1, 0.15) is 11.5 Å². The largest absolute Gasteiger partial charge is 0.493 e. The summed E-state index contributed by atoms with van der Waals surface area (Å²) in [4.78, 5) is 39.7. The van der Waals surface area contributed by atoms with E-state index in [9.17, 15) is 31.2 Å². The number of sulfone groups is 1. The van der Waals surface area contributed by atoms with Gasteiger partial charge in [0.05, 0.1) is 30.3 Å². The van der Waals surface area contributed by atoms with Crippen molar-refractivity contribution in [2.75, 3.05) is 32.8 Å². The van der Waals surface area contributed by atoms with Crippen LogP contribution in [0.4, 0.5) is 13.2 Å². The minimum atomic E-state index is -5.32. The maximum absolute atomic E-state index is 13.2. The number of nitrogens with zero attached hydrogens (tertiary/aromatic N) is 4. The maximum Gasteiger partial charge on any atom is 0.493 e. The molecule has 0 unspecified atom stereocenters. The molecule has 0 bridgehead atoms. The number of rotatable bonds is 10. The van der Waals surface area contributed by atoms with Gasteiger partial charge in [-0.2, -0.15) is 18.2 Å². The fourth-order valence-electron chi connectivity index (χ4n) is 4.78. The average Bonchev–Trinajstić information content (AvgIpc) is 3.42. The zero-order valence-corrected chi connectivity index (χ0v) is 26.1. The molecule has 5 rings (SSSR count).